The number of pyridine rings is 1. The summed E-state index contributed by atoms with van der Waals surface area (Å²) in [5.41, 5.74) is 25.2. The summed E-state index contributed by atoms with van der Waals surface area (Å²) in [7, 11) is 0. The van der Waals surface area contributed by atoms with Gasteiger partial charge in [0.1, 0.15) is 0 Å². The monoisotopic (exact) mass is 597 g/mol. The molecular weight excluding hydrogens is 567 g/mol. The third-order valence-corrected chi connectivity index (χ3v) is 11.7. The second kappa shape index (κ2) is 8.43. The fraction of sp³-hybridized carbons (Fsp3) is 0.109. The zero-order chi connectivity index (χ0) is 31.2. The van der Waals surface area contributed by atoms with Crippen LogP contribution in [0.2, 0.25) is 0 Å². The van der Waals surface area contributed by atoms with Crippen molar-refractivity contribution in [1.82, 2.24) is 4.98 Å². The van der Waals surface area contributed by atoms with E-state index in [0.29, 0.717) is 0 Å². The molecule has 6 aromatic carbocycles. The van der Waals surface area contributed by atoms with Gasteiger partial charge in [0.2, 0.25) is 0 Å². The molecule has 7 aromatic rings. The molecule has 11 rings (SSSR count). The molecule has 1 nitrogen and oxygen atoms in total. The Morgan fingerprint density at radius 2 is 0.872 bits per heavy atom. The summed E-state index contributed by atoms with van der Waals surface area (Å²) >= 11 is 0. The number of hydrogen-bond acceptors (Lipinski definition) is 1. The van der Waals surface area contributed by atoms with Crippen molar-refractivity contribution in [3.05, 3.63) is 195 Å². The van der Waals surface area contributed by atoms with Crippen LogP contribution in [-0.2, 0) is 10.8 Å². The van der Waals surface area contributed by atoms with Gasteiger partial charge in [-0.25, -0.2) is 0 Å². The van der Waals surface area contributed by atoms with E-state index in [4.69, 9.17) is 0 Å². The van der Waals surface area contributed by atoms with Gasteiger partial charge in [-0.2, -0.15) is 0 Å². The van der Waals surface area contributed by atoms with Gasteiger partial charge in [0.05, 0.1) is 10.8 Å². The average molecular weight is 598 g/mol. The first-order chi connectivity index (χ1) is 23.0. The van der Waals surface area contributed by atoms with Crippen molar-refractivity contribution in [2.24, 2.45) is 0 Å². The molecule has 0 radical (unpaired) electrons. The van der Waals surface area contributed by atoms with E-state index in [1.807, 2.05) is 18.5 Å². The fourth-order valence-electron chi connectivity index (χ4n) is 10.1. The minimum atomic E-state index is -0.402. The molecule has 4 aliphatic rings. The summed E-state index contributed by atoms with van der Waals surface area (Å²) in [6.45, 7) is 6.85. The van der Waals surface area contributed by atoms with Crippen LogP contribution in [-0.4, -0.2) is 4.98 Å². The zero-order valence-electron chi connectivity index (χ0n) is 26.6. The van der Waals surface area contributed by atoms with Gasteiger partial charge < -0.3 is 0 Å². The Labute approximate surface area is 275 Å². The molecule has 4 aliphatic carbocycles. The topological polar surface area (TPSA) is 12.9 Å². The lowest BCUT2D eigenvalue weighted by atomic mass is 9.64. The molecule has 47 heavy (non-hydrogen) atoms. The average Bonchev–Trinajstić information content (AvgIpc) is 3.76. The van der Waals surface area contributed by atoms with Crippen LogP contribution in [0.3, 0.4) is 0 Å². The standard InChI is InChI=1S/C46H31N/c1-26-14-16-33-34-17-15-29(30-9-8-18-47-25-30)24-38(34)46(37(33)19-26)41-22-27(2)20-39-43(41)44-40(21-28(3)23-42(44)46)45(39)35-12-6-4-10-31(35)32-11-5-7-13-36(32)45/h4-25H,1-3H3. The number of rotatable bonds is 1. The lowest BCUT2D eigenvalue weighted by molar-refractivity contribution is 0.752. The molecule has 2 spiro atoms. The van der Waals surface area contributed by atoms with Gasteiger partial charge in [-0.3, -0.25) is 4.98 Å². The highest BCUT2D eigenvalue weighted by atomic mass is 14.6. The second-order valence-corrected chi connectivity index (χ2v) is 14.1. The minimum Gasteiger partial charge on any atom is -0.264 e. The van der Waals surface area contributed by atoms with E-state index in [0.717, 1.165) is 5.56 Å². The molecule has 0 bridgehead atoms. The molecule has 0 fully saturated rings. The molecule has 0 saturated heterocycles. The van der Waals surface area contributed by atoms with Crippen LogP contribution in [0.25, 0.3) is 44.5 Å². The van der Waals surface area contributed by atoms with Crippen molar-refractivity contribution in [2.75, 3.05) is 0 Å². The maximum Gasteiger partial charge on any atom is 0.0726 e. The van der Waals surface area contributed by atoms with Gasteiger partial charge in [0.25, 0.3) is 0 Å². The summed E-state index contributed by atoms with van der Waals surface area (Å²) in [4.78, 5) is 4.49. The van der Waals surface area contributed by atoms with Crippen LogP contribution in [0.5, 0.6) is 0 Å². The Morgan fingerprint density at radius 3 is 1.45 bits per heavy atom. The fourth-order valence-corrected chi connectivity index (χ4v) is 10.1. The molecule has 0 unspecified atom stereocenters. The van der Waals surface area contributed by atoms with E-state index in [2.05, 4.69) is 141 Å². The minimum absolute atomic E-state index is 0.338. The van der Waals surface area contributed by atoms with E-state index in [-0.39, 0.29) is 5.41 Å². The Balaban J connectivity index is 1.33. The number of fused-ring (bicyclic) bond motifs is 14. The van der Waals surface area contributed by atoms with E-state index < -0.39 is 5.41 Å². The van der Waals surface area contributed by atoms with E-state index in [1.54, 1.807) is 0 Å². The normalized spacial score (nSPS) is 15.5. The summed E-state index contributed by atoms with van der Waals surface area (Å²) < 4.78 is 0. The SMILES string of the molecule is Cc1ccc2c(c1)C1(c3cc(-c4cccnc4)ccc3-2)c2cc(C)cc3c2-c2c(cc(C)cc21)C31c2ccccc2-c2ccccc21. The third-order valence-electron chi connectivity index (χ3n) is 11.7. The Bertz CT molecular complexity index is 2440. The first-order valence-electron chi connectivity index (χ1n) is 16.7. The predicted molar refractivity (Wildman–Crippen MR) is 191 cm³/mol. The molecule has 0 amide bonds. The van der Waals surface area contributed by atoms with Crippen LogP contribution < -0.4 is 0 Å². The molecule has 0 saturated carbocycles. The molecule has 0 aliphatic heterocycles. The van der Waals surface area contributed by atoms with E-state index in [1.165, 1.54) is 100 Å². The molecule has 1 heterocycles. The van der Waals surface area contributed by atoms with E-state index in [9.17, 15) is 0 Å². The number of benzene rings is 6. The zero-order valence-corrected chi connectivity index (χ0v) is 26.6. The summed E-state index contributed by atoms with van der Waals surface area (Å²) in [5, 5.41) is 0. The Morgan fingerprint density at radius 1 is 0.383 bits per heavy atom. The van der Waals surface area contributed by atoms with Crippen molar-refractivity contribution in [1.29, 1.82) is 0 Å². The van der Waals surface area contributed by atoms with Crippen molar-refractivity contribution in [3.63, 3.8) is 0 Å². The lowest BCUT2D eigenvalue weighted by Gasteiger charge is -2.36. The van der Waals surface area contributed by atoms with Gasteiger partial charge in [-0.1, -0.05) is 126 Å². The van der Waals surface area contributed by atoms with Crippen molar-refractivity contribution >= 4 is 0 Å². The Hall–Kier alpha value is -5.53. The largest absolute Gasteiger partial charge is 0.264 e. The van der Waals surface area contributed by atoms with Crippen molar-refractivity contribution in [3.8, 4) is 44.5 Å². The smallest absolute Gasteiger partial charge is 0.0726 e. The van der Waals surface area contributed by atoms with Crippen LogP contribution in [0.1, 0.15) is 61.2 Å². The van der Waals surface area contributed by atoms with Crippen molar-refractivity contribution < 1.29 is 0 Å². The number of nitrogens with zero attached hydrogens (tertiary/aromatic N) is 1. The van der Waals surface area contributed by atoms with Gasteiger partial charge in [0.15, 0.2) is 0 Å². The number of hydrogen-bond donors (Lipinski definition) is 0. The van der Waals surface area contributed by atoms with Gasteiger partial charge in [0, 0.05) is 12.4 Å². The first-order valence-corrected chi connectivity index (χ1v) is 16.7. The van der Waals surface area contributed by atoms with Crippen LogP contribution in [0, 0.1) is 20.8 Å². The summed E-state index contributed by atoms with van der Waals surface area (Å²) in [5.74, 6) is 0. The second-order valence-electron chi connectivity index (χ2n) is 14.1. The molecule has 0 atom stereocenters. The van der Waals surface area contributed by atoms with Gasteiger partial charge >= 0.3 is 0 Å². The Kier molecular flexibility index (Phi) is 4.60. The van der Waals surface area contributed by atoms with Gasteiger partial charge in [-0.15, -0.1) is 0 Å². The summed E-state index contributed by atoms with van der Waals surface area (Å²) in [6, 6.07) is 46.8. The highest BCUT2D eigenvalue weighted by Gasteiger charge is 2.60. The van der Waals surface area contributed by atoms with E-state index >= 15 is 0 Å². The maximum atomic E-state index is 4.49. The third kappa shape index (κ3) is 2.79. The molecule has 0 N–H and O–H groups in total. The first kappa shape index (κ1) is 25.6. The molecule has 1 aromatic heterocycles. The van der Waals surface area contributed by atoms with Crippen molar-refractivity contribution in [2.45, 2.75) is 31.6 Å². The van der Waals surface area contributed by atoms with Crippen LogP contribution >= 0.6 is 0 Å². The lowest BCUT2D eigenvalue weighted by Crippen LogP contribution is -2.31. The molecule has 1 heteroatoms. The number of aryl methyl sites for hydroxylation is 3. The van der Waals surface area contributed by atoms with Gasteiger partial charge in [-0.05, 0) is 122 Å². The highest BCUT2D eigenvalue weighted by Crippen LogP contribution is 2.72. The number of aromatic nitrogens is 1. The van der Waals surface area contributed by atoms with Crippen LogP contribution in [0.4, 0.5) is 0 Å². The highest BCUT2D eigenvalue weighted by molar-refractivity contribution is 6.04. The molecule has 220 valence electrons. The van der Waals surface area contributed by atoms with Crippen LogP contribution in [0.15, 0.2) is 134 Å². The quantitative estimate of drug-likeness (QED) is 0.183. The maximum absolute atomic E-state index is 4.49. The predicted octanol–water partition coefficient (Wildman–Crippen LogP) is 10.7. The molecular formula is C46H31N. The summed E-state index contributed by atoms with van der Waals surface area (Å²) in [6.07, 6.45) is 3.85.